The summed E-state index contributed by atoms with van der Waals surface area (Å²) < 4.78 is 0. The molecule has 1 aliphatic rings. The van der Waals surface area contributed by atoms with Crippen LogP contribution < -0.4 is 10.6 Å². The normalized spacial score (nSPS) is 21.8. The van der Waals surface area contributed by atoms with Gasteiger partial charge < -0.3 is 15.7 Å². The molecule has 20 heavy (non-hydrogen) atoms. The molecule has 0 bridgehead atoms. The monoisotopic (exact) mass is 285 g/mol. The van der Waals surface area contributed by atoms with E-state index in [9.17, 15) is 4.79 Å². The number of likely N-dealkylation sites (N-methyl/N-ethyl adjacent to an activating group) is 1. The number of aliphatic hydroxyl groups is 1. The minimum absolute atomic E-state index is 0.0358. The van der Waals surface area contributed by atoms with E-state index in [0.717, 1.165) is 13.1 Å². The van der Waals surface area contributed by atoms with Gasteiger partial charge in [0.25, 0.3) is 0 Å². The summed E-state index contributed by atoms with van der Waals surface area (Å²) >= 11 is 0. The largest absolute Gasteiger partial charge is 0.396 e. The van der Waals surface area contributed by atoms with Gasteiger partial charge in [-0.2, -0.15) is 0 Å². The lowest BCUT2D eigenvalue weighted by molar-refractivity contribution is 0.152. The van der Waals surface area contributed by atoms with Crippen LogP contribution in [0.15, 0.2) is 0 Å². The van der Waals surface area contributed by atoms with E-state index in [0.29, 0.717) is 24.9 Å². The van der Waals surface area contributed by atoms with Gasteiger partial charge in [-0.15, -0.1) is 0 Å². The summed E-state index contributed by atoms with van der Waals surface area (Å²) in [6, 6.07) is 0.391. The third-order valence-corrected chi connectivity index (χ3v) is 4.21. The van der Waals surface area contributed by atoms with Gasteiger partial charge in [0.2, 0.25) is 0 Å². The molecule has 2 amide bonds. The first kappa shape index (κ1) is 17.2. The van der Waals surface area contributed by atoms with E-state index >= 15 is 0 Å². The molecule has 5 nitrogen and oxygen atoms in total. The first-order valence-electron chi connectivity index (χ1n) is 7.97. The SMILES string of the molecule is CCN1CCCCC1CNC(=O)NC(CCO)C(C)C. The summed E-state index contributed by atoms with van der Waals surface area (Å²) in [5.74, 6) is 0.328. The Bertz CT molecular complexity index is 284. The lowest BCUT2D eigenvalue weighted by Crippen LogP contribution is -2.50. The quantitative estimate of drug-likeness (QED) is 0.665. The van der Waals surface area contributed by atoms with Crippen molar-refractivity contribution in [2.24, 2.45) is 5.92 Å². The van der Waals surface area contributed by atoms with Gasteiger partial charge >= 0.3 is 6.03 Å². The molecular weight excluding hydrogens is 254 g/mol. The molecule has 1 fully saturated rings. The molecule has 1 aliphatic heterocycles. The summed E-state index contributed by atoms with van der Waals surface area (Å²) in [6.45, 7) is 9.30. The Morgan fingerprint density at radius 1 is 1.40 bits per heavy atom. The van der Waals surface area contributed by atoms with Gasteiger partial charge in [-0.25, -0.2) is 4.79 Å². The Morgan fingerprint density at radius 2 is 2.15 bits per heavy atom. The topological polar surface area (TPSA) is 64.6 Å². The predicted molar refractivity (Wildman–Crippen MR) is 81.7 cm³/mol. The van der Waals surface area contributed by atoms with Crippen molar-refractivity contribution in [3.05, 3.63) is 0 Å². The second-order valence-electron chi connectivity index (χ2n) is 6.00. The van der Waals surface area contributed by atoms with Crippen LogP contribution in [0.3, 0.4) is 0 Å². The van der Waals surface area contributed by atoms with Gasteiger partial charge in [-0.3, -0.25) is 4.90 Å². The average Bonchev–Trinajstić information content (AvgIpc) is 2.44. The number of rotatable bonds is 7. The minimum atomic E-state index is -0.112. The van der Waals surface area contributed by atoms with E-state index in [2.05, 4.69) is 36.3 Å². The van der Waals surface area contributed by atoms with Crippen molar-refractivity contribution in [3.63, 3.8) is 0 Å². The second kappa shape index (κ2) is 9.19. The summed E-state index contributed by atoms with van der Waals surface area (Å²) in [4.78, 5) is 14.4. The van der Waals surface area contributed by atoms with Gasteiger partial charge in [0.05, 0.1) is 0 Å². The van der Waals surface area contributed by atoms with Crippen molar-refractivity contribution in [2.45, 2.75) is 58.5 Å². The maximum Gasteiger partial charge on any atom is 0.315 e. The fourth-order valence-electron chi connectivity index (χ4n) is 2.85. The van der Waals surface area contributed by atoms with Gasteiger partial charge in [-0.05, 0) is 38.3 Å². The number of nitrogens with one attached hydrogen (secondary N) is 2. The number of likely N-dealkylation sites (tertiary alicyclic amines) is 1. The van der Waals surface area contributed by atoms with Crippen LogP contribution >= 0.6 is 0 Å². The van der Waals surface area contributed by atoms with Crippen molar-refractivity contribution in [3.8, 4) is 0 Å². The maximum atomic E-state index is 11.9. The molecule has 1 saturated heterocycles. The molecular formula is C15H31N3O2. The molecule has 118 valence electrons. The number of urea groups is 1. The molecule has 1 rings (SSSR count). The Kier molecular flexibility index (Phi) is 7.92. The second-order valence-corrected chi connectivity index (χ2v) is 6.00. The summed E-state index contributed by atoms with van der Waals surface area (Å²) in [5, 5.41) is 15.0. The summed E-state index contributed by atoms with van der Waals surface area (Å²) in [7, 11) is 0. The Morgan fingerprint density at radius 3 is 2.75 bits per heavy atom. The van der Waals surface area contributed by atoms with Crippen LogP contribution in [0.5, 0.6) is 0 Å². The first-order chi connectivity index (χ1) is 9.58. The molecule has 0 radical (unpaired) electrons. The highest BCUT2D eigenvalue weighted by atomic mass is 16.3. The van der Waals surface area contributed by atoms with Crippen LogP contribution in [0, 0.1) is 5.92 Å². The predicted octanol–water partition coefficient (Wildman–Crippen LogP) is 1.57. The molecule has 5 heteroatoms. The number of piperidine rings is 1. The lowest BCUT2D eigenvalue weighted by Gasteiger charge is -2.35. The third kappa shape index (κ3) is 5.67. The standard InChI is InChI=1S/C15H31N3O2/c1-4-18-9-6-5-7-13(18)11-16-15(20)17-14(8-10-19)12(2)3/h12-14,19H,4-11H2,1-3H3,(H2,16,17,20). The van der Waals surface area contributed by atoms with Gasteiger partial charge in [0, 0.05) is 25.2 Å². The van der Waals surface area contributed by atoms with E-state index in [4.69, 9.17) is 5.11 Å². The Hall–Kier alpha value is -0.810. The average molecular weight is 285 g/mol. The number of amides is 2. The van der Waals surface area contributed by atoms with Crippen LogP contribution in [0.25, 0.3) is 0 Å². The van der Waals surface area contributed by atoms with Gasteiger partial charge in [0.15, 0.2) is 0 Å². The van der Waals surface area contributed by atoms with Crippen LogP contribution in [0.4, 0.5) is 4.79 Å². The third-order valence-electron chi connectivity index (χ3n) is 4.21. The highest BCUT2D eigenvalue weighted by molar-refractivity contribution is 5.74. The smallest absolute Gasteiger partial charge is 0.315 e. The molecule has 0 aromatic rings. The molecule has 0 aromatic carbocycles. The molecule has 0 spiro atoms. The Labute approximate surface area is 123 Å². The van der Waals surface area contributed by atoms with Crippen LogP contribution in [0.1, 0.15) is 46.5 Å². The molecule has 2 atom stereocenters. The molecule has 0 aliphatic carbocycles. The van der Waals surface area contributed by atoms with Crippen LogP contribution in [-0.4, -0.2) is 54.4 Å². The lowest BCUT2D eigenvalue weighted by atomic mass is 10.0. The zero-order valence-electron chi connectivity index (χ0n) is 13.2. The van der Waals surface area contributed by atoms with Gasteiger partial charge in [0.1, 0.15) is 0 Å². The van der Waals surface area contributed by atoms with E-state index < -0.39 is 0 Å². The van der Waals surface area contributed by atoms with E-state index in [1.54, 1.807) is 0 Å². The van der Waals surface area contributed by atoms with Crippen molar-refractivity contribution in [1.82, 2.24) is 15.5 Å². The summed E-state index contributed by atoms with van der Waals surface area (Å²) in [5.41, 5.74) is 0. The highest BCUT2D eigenvalue weighted by Gasteiger charge is 2.22. The van der Waals surface area contributed by atoms with Crippen LogP contribution in [-0.2, 0) is 0 Å². The Balaban J connectivity index is 2.34. The fraction of sp³-hybridized carbons (Fsp3) is 0.933. The van der Waals surface area contributed by atoms with E-state index in [1.165, 1.54) is 19.3 Å². The number of carbonyl (C=O) groups is 1. The molecule has 2 unspecified atom stereocenters. The van der Waals surface area contributed by atoms with Crippen molar-refractivity contribution in [2.75, 3.05) is 26.2 Å². The van der Waals surface area contributed by atoms with Crippen LogP contribution in [0.2, 0.25) is 0 Å². The number of nitrogens with zero attached hydrogens (tertiary/aromatic N) is 1. The highest BCUT2D eigenvalue weighted by Crippen LogP contribution is 2.15. The number of hydrogen-bond acceptors (Lipinski definition) is 3. The summed E-state index contributed by atoms with van der Waals surface area (Å²) in [6.07, 6.45) is 4.29. The fourth-order valence-corrected chi connectivity index (χ4v) is 2.85. The zero-order chi connectivity index (χ0) is 15.0. The minimum Gasteiger partial charge on any atom is -0.396 e. The number of hydrogen-bond donors (Lipinski definition) is 3. The molecule has 3 N–H and O–H groups in total. The number of carbonyl (C=O) groups excluding carboxylic acids is 1. The van der Waals surface area contributed by atoms with Crippen molar-refractivity contribution in [1.29, 1.82) is 0 Å². The van der Waals surface area contributed by atoms with E-state index in [-0.39, 0.29) is 18.7 Å². The van der Waals surface area contributed by atoms with Gasteiger partial charge in [-0.1, -0.05) is 27.2 Å². The molecule has 0 saturated carbocycles. The molecule has 0 aromatic heterocycles. The van der Waals surface area contributed by atoms with E-state index in [1.807, 2.05) is 0 Å². The maximum absolute atomic E-state index is 11.9. The zero-order valence-corrected chi connectivity index (χ0v) is 13.2. The number of aliphatic hydroxyl groups excluding tert-OH is 1. The van der Waals surface area contributed by atoms with Crippen molar-refractivity contribution >= 4 is 6.03 Å². The first-order valence-corrected chi connectivity index (χ1v) is 7.97. The molecule has 1 heterocycles. The van der Waals surface area contributed by atoms with Crippen molar-refractivity contribution < 1.29 is 9.90 Å².